The molecule has 3 rings (SSSR count). The summed E-state index contributed by atoms with van der Waals surface area (Å²) in [7, 11) is 0. The summed E-state index contributed by atoms with van der Waals surface area (Å²) in [6.07, 6.45) is 0.423. The molecule has 0 bridgehead atoms. The maximum absolute atomic E-state index is 13.0. The van der Waals surface area contributed by atoms with Crippen LogP contribution in [-0.4, -0.2) is 74.7 Å². The van der Waals surface area contributed by atoms with E-state index in [4.69, 9.17) is 9.68 Å². The van der Waals surface area contributed by atoms with Gasteiger partial charge in [-0.25, -0.2) is 9.59 Å². The first-order chi connectivity index (χ1) is 17.1. The van der Waals surface area contributed by atoms with Gasteiger partial charge < -0.3 is 19.7 Å². The lowest BCUT2D eigenvalue weighted by molar-refractivity contribution is -0.201. The predicted octanol–water partition coefficient (Wildman–Crippen LogP) is -0.658. The van der Waals surface area contributed by atoms with Crippen LogP contribution in [0.3, 0.4) is 0 Å². The van der Waals surface area contributed by atoms with Crippen LogP contribution in [0.5, 0.6) is 5.75 Å². The summed E-state index contributed by atoms with van der Waals surface area (Å²) >= 11 is 0. The van der Waals surface area contributed by atoms with Crippen LogP contribution >= 0.6 is 0 Å². The molecule has 0 aromatic heterocycles. The van der Waals surface area contributed by atoms with E-state index in [1.54, 1.807) is 6.07 Å². The van der Waals surface area contributed by atoms with Crippen LogP contribution < -0.4 is 0 Å². The molecular weight excluding hydrogens is 480 g/mol. The molecule has 2 aliphatic rings. The van der Waals surface area contributed by atoms with Crippen LogP contribution in [0.25, 0.3) is 6.08 Å². The molecule has 1 aromatic rings. The SMILES string of the molecule is N#C/C(=C\c1ccc(O)cc1)C(=O)N(CC(=O)ON1C(=O)CCC1=O)CC(=O)ON1C(=O)CCC1=O. The van der Waals surface area contributed by atoms with Gasteiger partial charge in [0.2, 0.25) is 0 Å². The van der Waals surface area contributed by atoms with Gasteiger partial charge in [-0.1, -0.05) is 12.1 Å². The highest BCUT2D eigenvalue weighted by molar-refractivity contribution is 6.05. The molecule has 14 heteroatoms. The zero-order valence-corrected chi connectivity index (χ0v) is 18.5. The van der Waals surface area contributed by atoms with Gasteiger partial charge in [-0.15, -0.1) is 10.1 Å². The van der Waals surface area contributed by atoms with Crippen molar-refractivity contribution in [3.05, 3.63) is 35.4 Å². The second kappa shape index (κ2) is 10.9. The lowest BCUT2D eigenvalue weighted by Gasteiger charge is -2.22. The van der Waals surface area contributed by atoms with Crippen LogP contribution in [0.4, 0.5) is 0 Å². The van der Waals surface area contributed by atoms with Crippen LogP contribution in [0.2, 0.25) is 0 Å². The van der Waals surface area contributed by atoms with Crippen LogP contribution in [0.1, 0.15) is 31.2 Å². The Bertz CT molecular complexity index is 1130. The number of phenols is 1. The molecule has 1 N–H and O–H groups in total. The Kier molecular flexibility index (Phi) is 7.75. The summed E-state index contributed by atoms with van der Waals surface area (Å²) in [6.45, 7) is -2.00. The van der Waals surface area contributed by atoms with Crippen LogP contribution in [0, 0.1) is 11.3 Å². The van der Waals surface area contributed by atoms with Crippen molar-refractivity contribution < 1.29 is 48.3 Å². The highest BCUT2D eigenvalue weighted by Crippen LogP contribution is 2.16. The molecule has 2 aliphatic heterocycles. The number of nitrogens with zero attached hydrogens (tertiary/aromatic N) is 4. The largest absolute Gasteiger partial charge is 0.508 e. The number of aromatic hydroxyl groups is 1. The van der Waals surface area contributed by atoms with E-state index in [1.807, 2.05) is 0 Å². The van der Waals surface area contributed by atoms with Gasteiger partial charge in [0, 0.05) is 25.7 Å². The summed E-state index contributed by atoms with van der Waals surface area (Å²) in [4.78, 5) is 94.5. The fraction of sp³-hybridized carbons (Fsp3) is 0.273. The second-order valence-electron chi connectivity index (χ2n) is 7.51. The van der Waals surface area contributed by atoms with Gasteiger partial charge >= 0.3 is 11.9 Å². The minimum Gasteiger partial charge on any atom is -0.508 e. The highest BCUT2D eigenvalue weighted by Gasteiger charge is 2.36. The number of hydroxylamine groups is 4. The van der Waals surface area contributed by atoms with Crippen molar-refractivity contribution in [3.63, 3.8) is 0 Å². The Morgan fingerprint density at radius 3 is 1.67 bits per heavy atom. The van der Waals surface area contributed by atoms with E-state index < -0.39 is 60.1 Å². The van der Waals surface area contributed by atoms with E-state index in [2.05, 4.69) is 0 Å². The molecule has 186 valence electrons. The molecular formula is C22H18N4O10. The molecule has 0 radical (unpaired) electrons. The number of carbonyl (C=O) groups excluding carboxylic acids is 7. The zero-order chi connectivity index (χ0) is 26.4. The minimum absolute atomic E-state index is 0.0684. The molecule has 2 fully saturated rings. The predicted molar refractivity (Wildman–Crippen MR) is 113 cm³/mol. The van der Waals surface area contributed by atoms with Gasteiger partial charge in [0.25, 0.3) is 29.5 Å². The van der Waals surface area contributed by atoms with E-state index in [1.165, 1.54) is 24.3 Å². The molecule has 0 unspecified atom stereocenters. The maximum Gasteiger partial charge on any atom is 0.352 e. The Labute approximate surface area is 202 Å². The summed E-state index contributed by atoms with van der Waals surface area (Å²) in [5.74, 6) is -6.88. The van der Waals surface area contributed by atoms with Gasteiger partial charge in [-0.2, -0.15) is 5.26 Å². The van der Waals surface area contributed by atoms with Crippen molar-refractivity contribution in [1.82, 2.24) is 15.0 Å². The van der Waals surface area contributed by atoms with E-state index in [0.29, 0.717) is 10.5 Å². The fourth-order valence-electron chi connectivity index (χ4n) is 3.14. The third-order valence-electron chi connectivity index (χ3n) is 4.88. The topological polar surface area (TPSA) is 192 Å². The molecule has 1 aromatic carbocycles. The number of carbonyl (C=O) groups is 7. The summed E-state index contributed by atoms with van der Waals surface area (Å²) in [6, 6.07) is 7.01. The van der Waals surface area contributed by atoms with E-state index >= 15 is 0 Å². The van der Waals surface area contributed by atoms with Crippen LogP contribution in [-0.2, 0) is 43.2 Å². The van der Waals surface area contributed by atoms with Crippen molar-refractivity contribution in [2.75, 3.05) is 13.1 Å². The molecule has 2 heterocycles. The molecule has 0 atom stereocenters. The van der Waals surface area contributed by atoms with Crippen molar-refractivity contribution in [2.45, 2.75) is 25.7 Å². The molecule has 2 saturated heterocycles. The van der Waals surface area contributed by atoms with Gasteiger partial charge in [-0.3, -0.25) is 24.0 Å². The van der Waals surface area contributed by atoms with E-state index in [9.17, 15) is 43.9 Å². The van der Waals surface area contributed by atoms with Gasteiger partial charge in [0.05, 0.1) is 0 Å². The van der Waals surface area contributed by atoms with Gasteiger partial charge in [-0.05, 0) is 23.8 Å². The molecule has 0 saturated carbocycles. The van der Waals surface area contributed by atoms with Crippen molar-refractivity contribution >= 4 is 47.6 Å². The Hall–Kier alpha value is -5.06. The van der Waals surface area contributed by atoms with Crippen molar-refractivity contribution in [2.24, 2.45) is 0 Å². The first-order valence-corrected chi connectivity index (χ1v) is 10.4. The molecule has 0 spiro atoms. The first-order valence-electron chi connectivity index (χ1n) is 10.4. The van der Waals surface area contributed by atoms with Gasteiger partial charge in [0.15, 0.2) is 0 Å². The first kappa shape index (κ1) is 25.6. The van der Waals surface area contributed by atoms with E-state index in [-0.39, 0.29) is 41.6 Å². The number of phenolic OH excluding ortho intramolecular Hbond substituents is 1. The van der Waals surface area contributed by atoms with Crippen molar-refractivity contribution in [3.8, 4) is 11.8 Å². The van der Waals surface area contributed by atoms with Crippen molar-refractivity contribution in [1.29, 1.82) is 5.26 Å². The molecule has 14 nitrogen and oxygen atoms in total. The number of amides is 5. The fourth-order valence-corrected chi connectivity index (χ4v) is 3.14. The monoisotopic (exact) mass is 498 g/mol. The van der Waals surface area contributed by atoms with E-state index in [0.717, 1.165) is 6.08 Å². The lowest BCUT2D eigenvalue weighted by Crippen LogP contribution is -2.45. The van der Waals surface area contributed by atoms with Crippen LogP contribution in [0.15, 0.2) is 29.8 Å². The molecule has 5 amide bonds. The number of imide groups is 2. The number of hydrogen-bond acceptors (Lipinski definition) is 11. The number of rotatable bonds is 8. The molecule has 0 aliphatic carbocycles. The summed E-state index contributed by atoms with van der Waals surface area (Å²) in [5, 5.41) is 19.3. The normalized spacial score (nSPS) is 15.7. The summed E-state index contributed by atoms with van der Waals surface area (Å²) in [5.41, 5.74) is -0.215. The minimum atomic E-state index is -1.28. The quantitative estimate of drug-likeness (QED) is 0.272. The lowest BCUT2D eigenvalue weighted by atomic mass is 10.1. The number of hydrogen-bond donors (Lipinski definition) is 1. The molecule has 36 heavy (non-hydrogen) atoms. The standard InChI is InChI=1S/C22H18N4O10/c23-10-14(9-13-1-3-15(27)4-2-13)22(34)24(11-20(32)35-25-16(28)5-6-17(25)29)12-21(33)36-26-18(30)7-8-19(26)31/h1-4,9,27H,5-8,11-12H2/b14-9+. The maximum atomic E-state index is 13.0. The third-order valence-corrected chi connectivity index (χ3v) is 4.88. The number of nitriles is 1. The Morgan fingerprint density at radius 2 is 1.28 bits per heavy atom. The smallest absolute Gasteiger partial charge is 0.352 e. The van der Waals surface area contributed by atoms with Gasteiger partial charge in [0.1, 0.15) is 30.5 Å². The third kappa shape index (κ3) is 6.08. The Balaban J connectivity index is 1.80. The summed E-state index contributed by atoms with van der Waals surface area (Å²) < 4.78 is 0. The zero-order valence-electron chi connectivity index (χ0n) is 18.5. The Morgan fingerprint density at radius 1 is 0.861 bits per heavy atom. The highest BCUT2D eigenvalue weighted by atomic mass is 16.7. The average Bonchev–Trinajstić information content (AvgIpc) is 3.33. The second-order valence-corrected chi connectivity index (χ2v) is 7.51. The number of benzene rings is 1. The average molecular weight is 498 g/mol.